The van der Waals surface area contributed by atoms with Crippen molar-refractivity contribution in [1.29, 1.82) is 0 Å². The van der Waals surface area contributed by atoms with Crippen LogP contribution >= 0.6 is 0 Å². The first kappa shape index (κ1) is 17.8. The molecule has 4 aromatic rings. The zero-order valence-electron chi connectivity index (χ0n) is 14.8. The molecule has 0 bridgehead atoms. The molecule has 0 saturated heterocycles. The standard InChI is InChI=1S/C18H14F3N5O2/c1-9-7-8-12(28-9)13-14-15(24-16(22)23-13)26(17(27)25(14)2)11-6-4-3-5-10(11)18(19,20)21/h3-8H,1-2H3,(H2,22,23,24). The minimum Gasteiger partial charge on any atom is -0.460 e. The molecular weight excluding hydrogens is 375 g/mol. The van der Waals surface area contributed by atoms with Gasteiger partial charge in [-0.15, -0.1) is 0 Å². The molecule has 0 saturated carbocycles. The Kier molecular flexibility index (Phi) is 3.81. The molecule has 28 heavy (non-hydrogen) atoms. The number of nitrogen functional groups attached to an aromatic ring is 1. The van der Waals surface area contributed by atoms with Crippen molar-refractivity contribution in [2.75, 3.05) is 5.73 Å². The van der Waals surface area contributed by atoms with Crippen LogP contribution in [0.1, 0.15) is 11.3 Å². The first-order valence-electron chi connectivity index (χ1n) is 8.17. The smallest absolute Gasteiger partial charge is 0.418 e. The maximum Gasteiger partial charge on any atom is 0.418 e. The van der Waals surface area contributed by atoms with Crippen molar-refractivity contribution >= 4 is 17.1 Å². The number of hydrogen-bond donors (Lipinski definition) is 1. The quantitative estimate of drug-likeness (QED) is 0.568. The number of aryl methyl sites for hydroxylation is 2. The average Bonchev–Trinajstić information content (AvgIpc) is 3.16. The van der Waals surface area contributed by atoms with Crippen molar-refractivity contribution in [2.45, 2.75) is 13.1 Å². The number of furan rings is 1. The summed E-state index contributed by atoms with van der Waals surface area (Å²) in [6.45, 7) is 1.73. The second-order valence-electron chi connectivity index (χ2n) is 6.20. The summed E-state index contributed by atoms with van der Waals surface area (Å²) in [6, 6.07) is 8.12. The third-order valence-electron chi connectivity index (χ3n) is 4.33. The number of anilines is 1. The highest BCUT2D eigenvalue weighted by Crippen LogP contribution is 2.35. The number of halogens is 3. The van der Waals surface area contributed by atoms with Crippen LogP contribution in [0, 0.1) is 6.92 Å². The zero-order valence-corrected chi connectivity index (χ0v) is 14.8. The molecule has 0 radical (unpaired) electrons. The summed E-state index contributed by atoms with van der Waals surface area (Å²) in [5.74, 6) is 0.737. The van der Waals surface area contributed by atoms with Crippen molar-refractivity contribution in [3.8, 4) is 17.1 Å². The molecule has 0 spiro atoms. The van der Waals surface area contributed by atoms with E-state index in [4.69, 9.17) is 10.2 Å². The van der Waals surface area contributed by atoms with E-state index in [0.717, 1.165) is 10.6 Å². The van der Waals surface area contributed by atoms with Crippen molar-refractivity contribution in [3.05, 3.63) is 58.2 Å². The molecule has 4 rings (SSSR count). The van der Waals surface area contributed by atoms with E-state index in [1.54, 1.807) is 19.1 Å². The van der Waals surface area contributed by atoms with Crippen LogP contribution in [-0.2, 0) is 13.2 Å². The number of alkyl halides is 3. The Morgan fingerprint density at radius 1 is 1.11 bits per heavy atom. The number of nitrogens with two attached hydrogens (primary N) is 1. The van der Waals surface area contributed by atoms with Crippen LogP contribution in [0.15, 0.2) is 45.6 Å². The van der Waals surface area contributed by atoms with Gasteiger partial charge in [-0.05, 0) is 31.2 Å². The summed E-state index contributed by atoms with van der Waals surface area (Å²) in [6.07, 6.45) is -4.66. The zero-order chi connectivity index (χ0) is 20.2. The van der Waals surface area contributed by atoms with Crippen molar-refractivity contribution in [3.63, 3.8) is 0 Å². The Labute approximate surface area is 155 Å². The summed E-state index contributed by atoms with van der Waals surface area (Å²) in [4.78, 5) is 21.1. The van der Waals surface area contributed by atoms with Gasteiger partial charge < -0.3 is 10.2 Å². The van der Waals surface area contributed by atoms with Crippen molar-refractivity contribution in [2.24, 2.45) is 7.05 Å². The molecule has 144 valence electrons. The molecule has 0 aliphatic carbocycles. The molecule has 0 fully saturated rings. The summed E-state index contributed by atoms with van der Waals surface area (Å²) in [5, 5.41) is 0. The van der Waals surface area contributed by atoms with E-state index in [2.05, 4.69) is 9.97 Å². The highest BCUT2D eigenvalue weighted by molar-refractivity contribution is 5.88. The molecule has 0 aliphatic rings. The molecular formula is C18H14F3N5O2. The molecule has 7 nitrogen and oxygen atoms in total. The number of benzene rings is 1. The maximum atomic E-state index is 13.5. The number of hydrogen-bond acceptors (Lipinski definition) is 5. The van der Waals surface area contributed by atoms with Crippen molar-refractivity contribution in [1.82, 2.24) is 19.1 Å². The Morgan fingerprint density at radius 3 is 2.46 bits per heavy atom. The SMILES string of the molecule is Cc1ccc(-c2nc(N)nc3c2n(C)c(=O)n3-c2ccccc2C(F)(F)F)o1. The van der Waals surface area contributed by atoms with Gasteiger partial charge in [-0.3, -0.25) is 4.57 Å². The predicted octanol–water partition coefficient (Wildman–Crippen LogP) is 3.29. The van der Waals surface area contributed by atoms with Crippen LogP contribution in [0.2, 0.25) is 0 Å². The number of aromatic nitrogens is 4. The average molecular weight is 389 g/mol. The molecule has 0 unspecified atom stereocenters. The van der Waals surface area contributed by atoms with Gasteiger partial charge in [0, 0.05) is 7.05 Å². The Hall–Kier alpha value is -3.56. The first-order valence-corrected chi connectivity index (χ1v) is 8.17. The van der Waals surface area contributed by atoms with Gasteiger partial charge >= 0.3 is 11.9 Å². The highest BCUT2D eigenvalue weighted by Gasteiger charge is 2.35. The van der Waals surface area contributed by atoms with Crippen LogP contribution in [0.25, 0.3) is 28.3 Å². The fourth-order valence-corrected chi connectivity index (χ4v) is 3.12. The predicted molar refractivity (Wildman–Crippen MR) is 96.0 cm³/mol. The Balaban J connectivity index is 2.13. The van der Waals surface area contributed by atoms with Gasteiger partial charge in [-0.25, -0.2) is 14.3 Å². The van der Waals surface area contributed by atoms with Gasteiger partial charge in [0.1, 0.15) is 17.0 Å². The first-order chi connectivity index (χ1) is 13.2. The number of rotatable bonds is 2. The topological polar surface area (TPSA) is 91.9 Å². The monoisotopic (exact) mass is 389 g/mol. The van der Waals surface area contributed by atoms with Gasteiger partial charge in [0.25, 0.3) is 0 Å². The lowest BCUT2D eigenvalue weighted by Gasteiger charge is -2.13. The Morgan fingerprint density at radius 2 is 1.82 bits per heavy atom. The lowest BCUT2D eigenvalue weighted by atomic mass is 10.1. The molecule has 0 atom stereocenters. The van der Waals surface area contributed by atoms with Gasteiger partial charge in [0.05, 0.1) is 11.3 Å². The molecule has 2 N–H and O–H groups in total. The third kappa shape index (κ3) is 2.65. The molecule has 3 heterocycles. The molecule has 1 aromatic carbocycles. The third-order valence-corrected chi connectivity index (χ3v) is 4.33. The second-order valence-corrected chi connectivity index (χ2v) is 6.20. The minimum absolute atomic E-state index is 0.0410. The fraction of sp³-hybridized carbons (Fsp3) is 0.167. The van der Waals surface area contributed by atoms with E-state index >= 15 is 0 Å². The maximum absolute atomic E-state index is 13.5. The summed E-state index contributed by atoms with van der Waals surface area (Å²) in [7, 11) is 1.43. The summed E-state index contributed by atoms with van der Waals surface area (Å²) >= 11 is 0. The molecule has 10 heteroatoms. The lowest BCUT2D eigenvalue weighted by Crippen LogP contribution is -2.23. The molecule has 3 aromatic heterocycles. The van der Waals surface area contributed by atoms with Crippen LogP contribution in [-0.4, -0.2) is 19.1 Å². The van der Waals surface area contributed by atoms with Crippen LogP contribution in [0.5, 0.6) is 0 Å². The van der Waals surface area contributed by atoms with E-state index < -0.39 is 17.4 Å². The highest BCUT2D eigenvalue weighted by atomic mass is 19.4. The lowest BCUT2D eigenvalue weighted by molar-refractivity contribution is -0.137. The summed E-state index contributed by atoms with van der Waals surface area (Å²) < 4.78 is 48.1. The van der Waals surface area contributed by atoms with E-state index in [1.807, 2.05) is 0 Å². The normalized spacial score (nSPS) is 12.0. The number of fused-ring (bicyclic) bond motifs is 1. The van der Waals surface area contributed by atoms with E-state index in [0.29, 0.717) is 11.5 Å². The number of para-hydroxylation sites is 1. The second kappa shape index (κ2) is 5.98. The van der Waals surface area contributed by atoms with Gasteiger partial charge in [-0.1, -0.05) is 12.1 Å². The van der Waals surface area contributed by atoms with E-state index in [1.165, 1.54) is 29.8 Å². The minimum atomic E-state index is -4.66. The van der Waals surface area contributed by atoms with Crippen LogP contribution < -0.4 is 11.4 Å². The van der Waals surface area contributed by atoms with Crippen molar-refractivity contribution < 1.29 is 17.6 Å². The van der Waals surface area contributed by atoms with Gasteiger partial charge in [0.2, 0.25) is 5.95 Å². The van der Waals surface area contributed by atoms with Gasteiger partial charge in [0.15, 0.2) is 11.4 Å². The number of nitrogens with zero attached hydrogens (tertiary/aromatic N) is 4. The summed E-state index contributed by atoms with van der Waals surface area (Å²) in [5.41, 5.74) is 4.17. The fourth-order valence-electron chi connectivity index (χ4n) is 3.12. The van der Waals surface area contributed by atoms with Gasteiger partial charge in [-0.2, -0.15) is 18.2 Å². The van der Waals surface area contributed by atoms with E-state index in [-0.39, 0.29) is 28.5 Å². The van der Waals surface area contributed by atoms with Crippen LogP contribution in [0.3, 0.4) is 0 Å². The van der Waals surface area contributed by atoms with E-state index in [9.17, 15) is 18.0 Å². The molecule has 0 amide bonds. The Bertz CT molecular complexity index is 1270. The number of imidazole rings is 1. The largest absolute Gasteiger partial charge is 0.460 e. The van der Waals surface area contributed by atoms with Crippen LogP contribution in [0.4, 0.5) is 19.1 Å². The molecule has 0 aliphatic heterocycles.